The summed E-state index contributed by atoms with van der Waals surface area (Å²) in [5.74, 6) is -1.19. The molecule has 8 heteroatoms. The fraction of sp³-hybridized carbons (Fsp3) is 0.316. The third kappa shape index (κ3) is 4.33. The Hall–Kier alpha value is -3.16. The predicted octanol–water partition coefficient (Wildman–Crippen LogP) is 3.45. The molecule has 0 fully saturated rings. The number of hydrogen-bond acceptors (Lipinski definition) is 6. The van der Waals surface area contributed by atoms with Gasteiger partial charge in [0, 0.05) is 19.0 Å². The SMILES string of the molecule is COC(=O)CCC1CN(Cc2ccccc2)c2cc([N+](=O)[O-])cc(F)c2O1. The summed E-state index contributed by atoms with van der Waals surface area (Å²) in [5, 5.41) is 11.1. The fourth-order valence-corrected chi connectivity index (χ4v) is 3.05. The van der Waals surface area contributed by atoms with Crippen LogP contribution in [0.15, 0.2) is 42.5 Å². The Morgan fingerprint density at radius 3 is 2.78 bits per heavy atom. The molecule has 0 aliphatic carbocycles. The molecule has 2 aromatic rings. The van der Waals surface area contributed by atoms with E-state index in [1.807, 2.05) is 35.2 Å². The lowest BCUT2D eigenvalue weighted by atomic mass is 10.1. The topological polar surface area (TPSA) is 81.9 Å². The molecule has 0 radical (unpaired) electrons. The van der Waals surface area contributed by atoms with Crippen LogP contribution in [0.1, 0.15) is 18.4 Å². The Labute approximate surface area is 155 Å². The van der Waals surface area contributed by atoms with Crippen molar-refractivity contribution in [2.75, 3.05) is 18.6 Å². The van der Waals surface area contributed by atoms with Crippen LogP contribution in [0.3, 0.4) is 0 Å². The average molecular weight is 374 g/mol. The average Bonchev–Trinajstić information content (AvgIpc) is 2.67. The summed E-state index contributed by atoms with van der Waals surface area (Å²) in [4.78, 5) is 23.7. The van der Waals surface area contributed by atoms with E-state index in [4.69, 9.17) is 4.74 Å². The predicted molar refractivity (Wildman–Crippen MR) is 96.2 cm³/mol. The monoisotopic (exact) mass is 374 g/mol. The zero-order chi connectivity index (χ0) is 19.4. The molecule has 27 heavy (non-hydrogen) atoms. The molecule has 2 aromatic carbocycles. The number of nitrogens with zero attached hydrogens (tertiary/aromatic N) is 2. The molecule has 1 unspecified atom stereocenters. The first-order chi connectivity index (χ1) is 13.0. The van der Waals surface area contributed by atoms with E-state index in [0.717, 1.165) is 11.6 Å². The lowest BCUT2D eigenvalue weighted by Crippen LogP contribution is -2.40. The van der Waals surface area contributed by atoms with Crippen molar-refractivity contribution in [3.05, 3.63) is 64.0 Å². The quantitative estimate of drug-likeness (QED) is 0.438. The number of anilines is 1. The van der Waals surface area contributed by atoms with Crippen LogP contribution in [0.25, 0.3) is 0 Å². The van der Waals surface area contributed by atoms with Crippen molar-refractivity contribution >= 4 is 17.3 Å². The molecule has 1 atom stereocenters. The van der Waals surface area contributed by atoms with E-state index in [1.54, 1.807) is 0 Å². The summed E-state index contributed by atoms with van der Waals surface area (Å²) >= 11 is 0. The number of carbonyl (C=O) groups excluding carboxylic acids is 1. The summed E-state index contributed by atoms with van der Waals surface area (Å²) < 4.78 is 24.9. The summed E-state index contributed by atoms with van der Waals surface area (Å²) in [7, 11) is 1.31. The number of carbonyl (C=O) groups is 1. The van der Waals surface area contributed by atoms with Gasteiger partial charge in [-0.3, -0.25) is 14.9 Å². The highest BCUT2D eigenvalue weighted by atomic mass is 19.1. The van der Waals surface area contributed by atoms with E-state index < -0.39 is 16.8 Å². The molecule has 0 spiro atoms. The van der Waals surface area contributed by atoms with Gasteiger partial charge in [-0.25, -0.2) is 4.39 Å². The molecule has 0 saturated carbocycles. The first-order valence-corrected chi connectivity index (χ1v) is 8.48. The van der Waals surface area contributed by atoms with Gasteiger partial charge in [0.05, 0.1) is 30.3 Å². The lowest BCUT2D eigenvalue weighted by Gasteiger charge is -2.36. The fourth-order valence-electron chi connectivity index (χ4n) is 3.05. The Morgan fingerprint density at radius 2 is 2.11 bits per heavy atom. The summed E-state index contributed by atoms with van der Waals surface area (Å²) in [6, 6.07) is 11.7. The first-order valence-electron chi connectivity index (χ1n) is 8.48. The van der Waals surface area contributed by atoms with Crippen molar-refractivity contribution in [2.24, 2.45) is 0 Å². The maximum Gasteiger partial charge on any atom is 0.305 e. The normalized spacial score (nSPS) is 15.6. The molecule has 7 nitrogen and oxygen atoms in total. The molecule has 1 aliphatic rings. The van der Waals surface area contributed by atoms with E-state index >= 15 is 0 Å². The van der Waals surface area contributed by atoms with Crippen LogP contribution in [0, 0.1) is 15.9 Å². The molecular weight excluding hydrogens is 355 g/mol. The van der Waals surface area contributed by atoms with Crippen LogP contribution in [0.2, 0.25) is 0 Å². The van der Waals surface area contributed by atoms with Gasteiger partial charge in [0.25, 0.3) is 5.69 Å². The number of nitro groups is 1. The van der Waals surface area contributed by atoms with E-state index in [1.165, 1.54) is 13.2 Å². The summed E-state index contributed by atoms with van der Waals surface area (Å²) in [6.07, 6.45) is 0.0641. The van der Waals surface area contributed by atoms with Crippen LogP contribution < -0.4 is 9.64 Å². The highest BCUT2D eigenvalue weighted by Crippen LogP contribution is 2.40. The van der Waals surface area contributed by atoms with E-state index in [9.17, 15) is 19.3 Å². The third-order valence-electron chi connectivity index (χ3n) is 4.38. The standard InChI is InChI=1S/C19H19FN2O5/c1-26-18(23)8-7-15-12-21(11-13-5-3-2-4-6-13)17-10-14(22(24)25)9-16(20)19(17)27-15/h2-6,9-10,15H,7-8,11-12H2,1H3. The highest BCUT2D eigenvalue weighted by molar-refractivity contribution is 5.69. The Kier molecular flexibility index (Phi) is 5.54. The smallest absolute Gasteiger partial charge is 0.305 e. The van der Waals surface area contributed by atoms with Gasteiger partial charge in [-0.15, -0.1) is 0 Å². The van der Waals surface area contributed by atoms with Crippen molar-refractivity contribution in [2.45, 2.75) is 25.5 Å². The maximum absolute atomic E-state index is 14.5. The highest BCUT2D eigenvalue weighted by Gasteiger charge is 2.31. The number of methoxy groups -OCH3 is 1. The molecule has 0 amide bonds. The minimum absolute atomic E-state index is 0.0300. The van der Waals surface area contributed by atoms with Crippen LogP contribution in [-0.4, -0.2) is 30.7 Å². The van der Waals surface area contributed by atoms with Crippen molar-refractivity contribution < 1.29 is 23.6 Å². The van der Waals surface area contributed by atoms with Gasteiger partial charge in [-0.05, 0) is 12.0 Å². The molecule has 3 rings (SSSR count). The van der Waals surface area contributed by atoms with Crippen LogP contribution >= 0.6 is 0 Å². The Balaban J connectivity index is 1.92. The Bertz CT molecular complexity index is 843. The summed E-state index contributed by atoms with van der Waals surface area (Å²) in [6.45, 7) is 0.812. The number of benzene rings is 2. The van der Waals surface area contributed by atoms with Gasteiger partial charge in [-0.1, -0.05) is 30.3 Å². The third-order valence-corrected chi connectivity index (χ3v) is 4.38. The number of fused-ring (bicyclic) bond motifs is 1. The molecule has 1 heterocycles. The molecule has 0 bridgehead atoms. The van der Waals surface area contributed by atoms with Crippen LogP contribution in [0.5, 0.6) is 5.75 Å². The minimum Gasteiger partial charge on any atom is -0.483 e. The minimum atomic E-state index is -0.792. The van der Waals surface area contributed by atoms with Crippen molar-refractivity contribution in [3.8, 4) is 5.75 Å². The number of rotatable bonds is 6. The van der Waals surface area contributed by atoms with E-state index in [0.29, 0.717) is 25.2 Å². The van der Waals surface area contributed by atoms with Gasteiger partial charge in [0.2, 0.25) is 0 Å². The first kappa shape index (κ1) is 18.6. The van der Waals surface area contributed by atoms with Crippen LogP contribution in [0.4, 0.5) is 15.8 Å². The molecular formula is C19H19FN2O5. The second-order valence-corrected chi connectivity index (χ2v) is 6.25. The lowest BCUT2D eigenvalue weighted by molar-refractivity contribution is -0.385. The zero-order valence-electron chi connectivity index (χ0n) is 14.8. The number of non-ortho nitro benzene ring substituents is 1. The number of esters is 1. The van der Waals surface area contributed by atoms with Gasteiger partial charge in [0.1, 0.15) is 6.10 Å². The Morgan fingerprint density at radius 1 is 1.37 bits per heavy atom. The van der Waals surface area contributed by atoms with Gasteiger partial charge < -0.3 is 14.4 Å². The van der Waals surface area contributed by atoms with E-state index in [-0.39, 0.29) is 23.8 Å². The zero-order valence-corrected chi connectivity index (χ0v) is 14.8. The number of nitro benzene ring substituents is 1. The number of ether oxygens (including phenoxy) is 2. The molecule has 0 saturated heterocycles. The van der Waals surface area contributed by atoms with Gasteiger partial charge >= 0.3 is 5.97 Å². The van der Waals surface area contributed by atoms with Gasteiger partial charge in [0.15, 0.2) is 11.6 Å². The largest absolute Gasteiger partial charge is 0.483 e. The second kappa shape index (κ2) is 8.03. The molecule has 0 N–H and O–H groups in total. The summed E-state index contributed by atoms with van der Waals surface area (Å²) in [5.41, 5.74) is 0.977. The van der Waals surface area contributed by atoms with Crippen LogP contribution in [-0.2, 0) is 16.1 Å². The number of halogens is 1. The van der Waals surface area contributed by atoms with E-state index in [2.05, 4.69) is 4.74 Å². The molecule has 0 aromatic heterocycles. The van der Waals surface area contributed by atoms with Crippen molar-refractivity contribution in [3.63, 3.8) is 0 Å². The second-order valence-electron chi connectivity index (χ2n) is 6.25. The molecule has 142 valence electrons. The number of hydrogen-bond donors (Lipinski definition) is 0. The maximum atomic E-state index is 14.5. The van der Waals surface area contributed by atoms with Gasteiger partial charge in [-0.2, -0.15) is 0 Å². The van der Waals surface area contributed by atoms with Crippen molar-refractivity contribution in [1.29, 1.82) is 0 Å². The van der Waals surface area contributed by atoms with Crippen molar-refractivity contribution in [1.82, 2.24) is 0 Å². The molecule has 1 aliphatic heterocycles.